The Morgan fingerprint density at radius 1 is 1.35 bits per heavy atom. The Morgan fingerprint density at radius 3 is 2.75 bits per heavy atom. The molecule has 1 aromatic rings. The highest BCUT2D eigenvalue weighted by Crippen LogP contribution is 2.32. The molecule has 20 heavy (non-hydrogen) atoms. The van der Waals surface area contributed by atoms with Crippen molar-refractivity contribution in [3.05, 3.63) is 29.8 Å². The van der Waals surface area contributed by atoms with E-state index >= 15 is 0 Å². The van der Waals surface area contributed by atoms with Gasteiger partial charge >= 0.3 is 5.97 Å². The first-order valence-electron chi connectivity index (χ1n) is 6.60. The van der Waals surface area contributed by atoms with Crippen LogP contribution in [0.2, 0.25) is 0 Å². The zero-order valence-corrected chi connectivity index (χ0v) is 11.7. The van der Waals surface area contributed by atoms with Crippen molar-refractivity contribution in [1.29, 1.82) is 0 Å². The number of ether oxygens (including phenoxy) is 1. The molecule has 1 aromatic carbocycles. The Kier molecular flexibility index (Phi) is 3.97. The number of amides is 1. The fourth-order valence-corrected chi connectivity index (χ4v) is 2.43. The summed E-state index contributed by atoms with van der Waals surface area (Å²) in [6.45, 7) is 3.98. The number of benzene rings is 1. The van der Waals surface area contributed by atoms with Crippen LogP contribution in [0.3, 0.4) is 0 Å². The van der Waals surface area contributed by atoms with Gasteiger partial charge in [-0.2, -0.15) is 0 Å². The highest BCUT2D eigenvalue weighted by molar-refractivity contribution is 5.78. The van der Waals surface area contributed by atoms with E-state index in [9.17, 15) is 9.59 Å². The second-order valence-corrected chi connectivity index (χ2v) is 5.88. The Bertz CT molecular complexity index is 524. The van der Waals surface area contributed by atoms with Crippen LogP contribution in [-0.4, -0.2) is 23.6 Å². The van der Waals surface area contributed by atoms with Crippen molar-refractivity contribution in [2.75, 3.05) is 6.61 Å². The molecule has 0 fully saturated rings. The van der Waals surface area contributed by atoms with Crippen LogP contribution in [0.1, 0.15) is 38.3 Å². The summed E-state index contributed by atoms with van der Waals surface area (Å²) in [7, 11) is 0. The van der Waals surface area contributed by atoms with E-state index in [-0.39, 0.29) is 24.8 Å². The second kappa shape index (κ2) is 5.53. The standard InChI is InChI=1S/C15H19NO4/c1-15(2,8-14(18)19)7-13(17)16-11-9-20-12-6-4-3-5-10(11)12/h3-6,11H,7-9H2,1-2H3,(H,16,17)(H,18,19). The third-order valence-electron chi connectivity index (χ3n) is 3.30. The number of aliphatic carboxylic acids is 1. The monoisotopic (exact) mass is 277 g/mol. The summed E-state index contributed by atoms with van der Waals surface area (Å²) >= 11 is 0. The zero-order chi connectivity index (χ0) is 14.8. The van der Waals surface area contributed by atoms with Gasteiger partial charge in [-0.15, -0.1) is 0 Å². The van der Waals surface area contributed by atoms with Crippen LogP contribution in [-0.2, 0) is 9.59 Å². The summed E-state index contributed by atoms with van der Waals surface area (Å²) in [4.78, 5) is 22.8. The Hall–Kier alpha value is -2.04. The molecular formula is C15H19NO4. The van der Waals surface area contributed by atoms with Gasteiger partial charge in [-0.1, -0.05) is 32.0 Å². The Morgan fingerprint density at radius 2 is 2.05 bits per heavy atom. The smallest absolute Gasteiger partial charge is 0.303 e. The Balaban J connectivity index is 1.95. The van der Waals surface area contributed by atoms with Crippen LogP contribution >= 0.6 is 0 Å². The summed E-state index contributed by atoms with van der Waals surface area (Å²) in [5.41, 5.74) is 0.409. The van der Waals surface area contributed by atoms with Gasteiger partial charge in [-0.05, 0) is 11.5 Å². The highest BCUT2D eigenvalue weighted by atomic mass is 16.5. The molecule has 5 heteroatoms. The number of carbonyl (C=O) groups is 2. The molecule has 0 aromatic heterocycles. The summed E-state index contributed by atoms with van der Waals surface area (Å²) < 4.78 is 5.50. The summed E-state index contributed by atoms with van der Waals surface area (Å²) in [5, 5.41) is 11.7. The van der Waals surface area contributed by atoms with Crippen LogP contribution < -0.4 is 10.1 Å². The Labute approximate surface area is 117 Å². The molecule has 108 valence electrons. The molecule has 2 N–H and O–H groups in total. The lowest BCUT2D eigenvalue weighted by Gasteiger charge is -2.22. The van der Waals surface area contributed by atoms with Crippen molar-refractivity contribution in [3.8, 4) is 5.75 Å². The van der Waals surface area contributed by atoms with E-state index in [1.165, 1.54) is 0 Å². The number of para-hydroxylation sites is 1. The summed E-state index contributed by atoms with van der Waals surface area (Å²) in [6.07, 6.45) is 0.149. The predicted octanol–water partition coefficient (Wildman–Crippen LogP) is 2.13. The van der Waals surface area contributed by atoms with Crippen molar-refractivity contribution >= 4 is 11.9 Å². The van der Waals surface area contributed by atoms with Crippen LogP contribution in [0.15, 0.2) is 24.3 Å². The van der Waals surface area contributed by atoms with Crippen molar-refractivity contribution in [3.63, 3.8) is 0 Å². The van der Waals surface area contributed by atoms with Crippen molar-refractivity contribution in [1.82, 2.24) is 5.32 Å². The average molecular weight is 277 g/mol. The summed E-state index contributed by atoms with van der Waals surface area (Å²) in [5.74, 6) is -0.249. The molecule has 1 aliphatic heterocycles. The highest BCUT2D eigenvalue weighted by Gasteiger charge is 2.29. The molecule has 0 bridgehead atoms. The molecule has 2 rings (SSSR count). The van der Waals surface area contributed by atoms with Gasteiger partial charge in [0.15, 0.2) is 0 Å². The van der Waals surface area contributed by atoms with E-state index in [1.54, 1.807) is 13.8 Å². The molecule has 1 aliphatic rings. The molecule has 1 amide bonds. The van der Waals surface area contributed by atoms with Crippen LogP contribution in [0.4, 0.5) is 0 Å². The molecule has 0 aliphatic carbocycles. The molecule has 0 spiro atoms. The predicted molar refractivity (Wildman–Crippen MR) is 73.5 cm³/mol. The SMILES string of the molecule is CC(C)(CC(=O)O)CC(=O)NC1COc2ccccc21. The molecule has 0 saturated heterocycles. The third-order valence-corrected chi connectivity index (χ3v) is 3.30. The number of rotatable bonds is 5. The van der Waals surface area contributed by atoms with Crippen LogP contribution in [0, 0.1) is 5.41 Å². The van der Waals surface area contributed by atoms with E-state index in [4.69, 9.17) is 9.84 Å². The lowest BCUT2D eigenvalue weighted by Crippen LogP contribution is -2.33. The van der Waals surface area contributed by atoms with Gasteiger partial charge in [0.2, 0.25) is 5.91 Å². The van der Waals surface area contributed by atoms with Crippen molar-refractivity contribution < 1.29 is 19.4 Å². The van der Waals surface area contributed by atoms with E-state index in [1.807, 2.05) is 24.3 Å². The van der Waals surface area contributed by atoms with Crippen molar-refractivity contribution in [2.24, 2.45) is 5.41 Å². The van der Waals surface area contributed by atoms with Gasteiger partial charge in [0, 0.05) is 12.0 Å². The van der Waals surface area contributed by atoms with Gasteiger partial charge in [0.05, 0.1) is 12.5 Å². The minimum atomic E-state index is -0.891. The normalized spacial score (nSPS) is 17.2. The van der Waals surface area contributed by atoms with Crippen LogP contribution in [0.25, 0.3) is 0 Å². The van der Waals surface area contributed by atoms with E-state index in [0.717, 1.165) is 11.3 Å². The van der Waals surface area contributed by atoms with Gasteiger partial charge in [0.1, 0.15) is 12.4 Å². The quantitative estimate of drug-likeness (QED) is 0.864. The molecule has 5 nitrogen and oxygen atoms in total. The molecule has 1 unspecified atom stereocenters. The maximum absolute atomic E-state index is 12.0. The van der Waals surface area contributed by atoms with E-state index < -0.39 is 11.4 Å². The third kappa shape index (κ3) is 3.50. The average Bonchev–Trinajstić information content (AvgIpc) is 2.70. The molecular weight excluding hydrogens is 258 g/mol. The van der Waals surface area contributed by atoms with Gasteiger partial charge in [0.25, 0.3) is 0 Å². The topological polar surface area (TPSA) is 75.6 Å². The molecule has 0 radical (unpaired) electrons. The van der Waals surface area contributed by atoms with E-state index in [0.29, 0.717) is 6.61 Å². The minimum absolute atomic E-state index is 0.0296. The van der Waals surface area contributed by atoms with Crippen molar-refractivity contribution in [2.45, 2.75) is 32.7 Å². The lowest BCUT2D eigenvalue weighted by atomic mass is 9.85. The zero-order valence-electron chi connectivity index (χ0n) is 11.7. The van der Waals surface area contributed by atoms with Gasteiger partial charge < -0.3 is 15.2 Å². The second-order valence-electron chi connectivity index (χ2n) is 5.88. The van der Waals surface area contributed by atoms with Gasteiger partial charge in [-0.25, -0.2) is 0 Å². The first-order chi connectivity index (χ1) is 9.37. The molecule has 0 saturated carbocycles. The number of carbonyl (C=O) groups excluding carboxylic acids is 1. The first-order valence-corrected chi connectivity index (χ1v) is 6.60. The first kappa shape index (κ1) is 14.4. The van der Waals surface area contributed by atoms with Crippen LogP contribution in [0.5, 0.6) is 5.75 Å². The summed E-state index contributed by atoms with van der Waals surface area (Å²) in [6, 6.07) is 7.44. The maximum atomic E-state index is 12.0. The number of fused-ring (bicyclic) bond motifs is 1. The largest absolute Gasteiger partial charge is 0.491 e. The minimum Gasteiger partial charge on any atom is -0.491 e. The number of carboxylic acids is 1. The fraction of sp³-hybridized carbons (Fsp3) is 0.467. The number of carboxylic acid groups (broad SMARTS) is 1. The number of nitrogens with one attached hydrogen (secondary N) is 1. The number of hydrogen-bond donors (Lipinski definition) is 2. The molecule has 1 atom stereocenters. The lowest BCUT2D eigenvalue weighted by molar-refractivity contribution is -0.139. The van der Waals surface area contributed by atoms with Gasteiger partial charge in [-0.3, -0.25) is 9.59 Å². The molecule has 1 heterocycles. The number of hydrogen-bond acceptors (Lipinski definition) is 3. The fourth-order valence-electron chi connectivity index (χ4n) is 2.43. The maximum Gasteiger partial charge on any atom is 0.303 e. The van der Waals surface area contributed by atoms with E-state index in [2.05, 4.69) is 5.32 Å².